The Morgan fingerprint density at radius 3 is 2.58 bits per heavy atom. The van der Waals surface area contributed by atoms with Crippen molar-refractivity contribution >= 4 is 17.5 Å². The maximum Gasteiger partial charge on any atom is 0.259 e. The molecule has 1 unspecified atom stereocenters. The zero-order valence-electron chi connectivity index (χ0n) is 11.5. The summed E-state index contributed by atoms with van der Waals surface area (Å²) >= 11 is 0. The molecule has 1 aromatic rings. The second-order valence-corrected chi connectivity index (χ2v) is 4.94. The topological polar surface area (TPSA) is 58.2 Å². The van der Waals surface area contributed by atoms with Crippen LogP contribution in [0.1, 0.15) is 60.2 Å². The zero-order valence-corrected chi connectivity index (χ0v) is 11.5. The monoisotopic (exact) mass is 260 g/mol. The Kier molecular flexibility index (Phi) is 4.20. The van der Waals surface area contributed by atoms with Crippen molar-refractivity contribution < 1.29 is 9.59 Å². The molecule has 2 amide bonds. The summed E-state index contributed by atoms with van der Waals surface area (Å²) in [5.74, 6) is -0.602. The number of rotatable bonds is 6. The first-order valence-electron chi connectivity index (χ1n) is 6.92. The standard InChI is InChI=1S/C15H20N2O2/c1-3-5-6-10(4-2)16-11-7-8-12-13(9-11)15(19)17-14(12)18/h7-10,16H,3-6H2,1-2H3,(H,17,18,19). The van der Waals surface area contributed by atoms with Gasteiger partial charge >= 0.3 is 0 Å². The molecule has 2 N–H and O–H groups in total. The van der Waals surface area contributed by atoms with Crippen molar-refractivity contribution in [3.63, 3.8) is 0 Å². The molecule has 0 spiro atoms. The lowest BCUT2D eigenvalue weighted by atomic mass is 10.1. The molecule has 2 rings (SSSR count). The molecule has 0 aliphatic carbocycles. The minimum atomic E-state index is -0.301. The molecule has 4 nitrogen and oxygen atoms in total. The Balaban J connectivity index is 2.12. The third kappa shape index (κ3) is 2.95. The number of benzene rings is 1. The van der Waals surface area contributed by atoms with Crippen LogP contribution in [0.15, 0.2) is 18.2 Å². The van der Waals surface area contributed by atoms with Gasteiger partial charge in [-0.05, 0) is 31.0 Å². The number of hydrogen-bond donors (Lipinski definition) is 2. The SMILES string of the molecule is CCCCC(CC)Nc1ccc2c(c1)C(=O)NC2=O. The van der Waals surface area contributed by atoms with Crippen molar-refractivity contribution in [3.8, 4) is 0 Å². The summed E-state index contributed by atoms with van der Waals surface area (Å²) in [6.07, 6.45) is 4.53. The van der Waals surface area contributed by atoms with E-state index in [0.717, 1.165) is 18.5 Å². The summed E-state index contributed by atoms with van der Waals surface area (Å²) in [4.78, 5) is 23.1. The normalized spacial score (nSPS) is 15.1. The molecule has 0 aromatic heterocycles. The van der Waals surface area contributed by atoms with Crippen LogP contribution in [0.4, 0.5) is 5.69 Å². The van der Waals surface area contributed by atoms with Crippen LogP contribution >= 0.6 is 0 Å². The van der Waals surface area contributed by atoms with Crippen LogP contribution in [0.25, 0.3) is 0 Å². The number of nitrogens with one attached hydrogen (secondary N) is 2. The van der Waals surface area contributed by atoms with Gasteiger partial charge in [0.1, 0.15) is 0 Å². The lowest BCUT2D eigenvalue weighted by Gasteiger charge is -2.18. The Labute approximate surface area is 113 Å². The molecule has 0 bridgehead atoms. The van der Waals surface area contributed by atoms with Crippen molar-refractivity contribution in [3.05, 3.63) is 29.3 Å². The fourth-order valence-electron chi connectivity index (χ4n) is 2.32. The van der Waals surface area contributed by atoms with Crippen LogP contribution in [0.3, 0.4) is 0 Å². The predicted molar refractivity (Wildman–Crippen MR) is 75.5 cm³/mol. The van der Waals surface area contributed by atoms with E-state index in [0.29, 0.717) is 17.2 Å². The highest BCUT2D eigenvalue weighted by Gasteiger charge is 2.26. The van der Waals surface area contributed by atoms with Gasteiger partial charge in [-0.2, -0.15) is 0 Å². The molecule has 1 aliphatic heterocycles. The van der Waals surface area contributed by atoms with E-state index in [1.54, 1.807) is 12.1 Å². The third-order valence-corrected chi connectivity index (χ3v) is 3.51. The highest BCUT2D eigenvalue weighted by Crippen LogP contribution is 2.22. The molecule has 0 saturated carbocycles. The largest absolute Gasteiger partial charge is 0.382 e. The Hall–Kier alpha value is -1.84. The minimum absolute atomic E-state index is 0.301. The van der Waals surface area contributed by atoms with Gasteiger partial charge < -0.3 is 5.32 Å². The van der Waals surface area contributed by atoms with E-state index in [1.807, 2.05) is 6.07 Å². The average Bonchev–Trinajstić information content (AvgIpc) is 2.69. The van der Waals surface area contributed by atoms with Gasteiger partial charge in [-0.1, -0.05) is 26.7 Å². The van der Waals surface area contributed by atoms with Gasteiger partial charge in [-0.25, -0.2) is 0 Å². The summed E-state index contributed by atoms with van der Waals surface area (Å²) in [7, 11) is 0. The smallest absolute Gasteiger partial charge is 0.259 e. The first-order valence-corrected chi connectivity index (χ1v) is 6.92. The van der Waals surface area contributed by atoms with Crippen LogP contribution in [-0.4, -0.2) is 17.9 Å². The molecule has 1 heterocycles. The molecular formula is C15H20N2O2. The van der Waals surface area contributed by atoms with Gasteiger partial charge in [0.2, 0.25) is 0 Å². The van der Waals surface area contributed by atoms with Crippen LogP contribution in [0.5, 0.6) is 0 Å². The van der Waals surface area contributed by atoms with Gasteiger partial charge in [0.25, 0.3) is 11.8 Å². The van der Waals surface area contributed by atoms with Crippen LogP contribution < -0.4 is 10.6 Å². The highest BCUT2D eigenvalue weighted by molar-refractivity contribution is 6.21. The van der Waals surface area contributed by atoms with Crippen molar-refractivity contribution in [1.29, 1.82) is 0 Å². The van der Waals surface area contributed by atoms with Gasteiger partial charge in [-0.3, -0.25) is 14.9 Å². The van der Waals surface area contributed by atoms with Gasteiger partial charge in [-0.15, -0.1) is 0 Å². The van der Waals surface area contributed by atoms with Crippen LogP contribution in [0.2, 0.25) is 0 Å². The minimum Gasteiger partial charge on any atom is -0.382 e. The van der Waals surface area contributed by atoms with E-state index in [-0.39, 0.29) is 11.8 Å². The van der Waals surface area contributed by atoms with Gasteiger partial charge in [0.05, 0.1) is 11.1 Å². The molecule has 0 fully saturated rings. The molecule has 1 atom stereocenters. The summed E-state index contributed by atoms with van der Waals surface area (Å²) in [5, 5.41) is 5.74. The molecule has 1 aliphatic rings. The lowest BCUT2D eigenvalue weighted by molar-refractivity contribution is 0.0879. The van der Waals surface area contributed by atoms with E-state index in [9.17, 15) is 9.59 Å². The highest BCUT2D eigenvalue weighted by atomic mass is 16.2. The predicted octanol–water partition coefficient (Wildman–Crippen LogP) is 2.95. The van der Waals surface area contributed by atoms with E-state index < -0.39 is 0 Å². The fourth-order valence-corrected chi connectivity index (χ4v) is 2.32. The van der Waals surface area contributed by atoms with Crippen LogP contribution in [-0.2, 0) is 0 Å². The van der Waals surface area contributed by atoms with Crippen molar-refractivity contribution in [1.82, 2.24) is 5.32 Å². The number of imide groups is 1. The maximum atomic E-state index is 11.6. The van der Waals surface area contributed by atoms with Crippen molar-refractivity contribution in [2.45, 2.75) is 45.6 Å². The van der Waals surface area contributed by atoms with Gasteiger partial charge in [0.15, 0.2) is 0 Å². The van der Waals surface area contributed by atoms with E-state index >= 15 is 0 Å². The average molecular weight is 260 g/mol. The number of anilines is 1. The van der Waals surface area contributed by atoms with Crippen LogP contribution in [0, 0.1) is 0 Å². The van der Waals surface area contributed by atoms with Crippen molar-refractivity contribution in [2.24, 2.45) is 0 Å². The molecule has 19 heavy (non-hydrogen) atoms. The Morgan fingerprint density at radius 1 is 1.16 bits per heavy atom. The summed E-state index contributed by atoms with van der Waals surface area (Å²) in [6, 6.07) is 5.76. The number of unbranched alkanes of at least 4 members (excludes halogenated alkanes) is 1. The molecule has 1 aromatic carbocycles. The second kappa shape index (κ2) is 5.87. The molecule has 4 heteroatoms. The summed E-state index contributed by atoms with van der Waals surface area (Å²) < 4.78 is 0. The lowest BCUT2D eigenvalue weighted by Crippen LogP contribution is -2.20. The number of hydrogen-bond acceptors (Lipinski definition) is 3. The number of fused-ring (bicyclic) bond motifs is 1. The second-order valence-electron chi connectivity index (χ2n) is 4.94. The van der Waals surface area contributed by atoms with Gasteiger partial charge in [0, 0.05) is 11.7 Å². The number of carbonyl (C=O) groups excluding carboxylic acids is 2. The Morgan fingerprint density at radius 2 is 1.89 bits per heavy atom. The first kappa shape index (κ1) is 13.6. The summed E-state index contributed by atoms with van der Waals surface area (Å²) in [6.45, 7) is 4.33. The molecule has 102 valence electrons. The molecular weight excluding hydrogens is 240 g/mol. The van der Waals surface area contributed by atoms with E-state index in [4.69, 9.17) is 0 Å². The molecule has 0 radical (unpaired) electrons. The maximum absolute atomic E-state index is 11.6. The third-order valence-electron chi connectivity index (χ3n) is 3.51. The quantitative estimate of drug-likeness (QED) is 0.773. The summed E-state index contributed by atoms with van der Waals surface area (Å²) in [5.41, 5.74) is 1.85. The van der Waals surface area contributed by atoms with E-state index in [1.165, 1.54) is 12.8 Å². The Bertz CT molecular complexity index is 497. The number of carbonyl (C=O) groups is 2. The number of amides is 2. The first-order chi connectivity index (χ1) is 9.15. The zero-order chi connectivity index (χ0) is 13.8. The fraction of sp³-hybridized carbons (Fsp3) is 0.467. The van der Waals surface area contributed by atoms with E-state index in [2.05, 4.69) is 24.5 Å². The van der Waals surface area contributed by atoms with Crippen molar-refractivity contribution in [2.75, 3.05) is 5.32 Å². The molecule has 0 saturated heterocycles.